The van der Waals surface area contributed by atoms with E-state index in [-0.39, 0.29) is 12.6 Å². The van der Waals surface area contributed by atoms with E-state index in [1.165, 1.54) is 4.80 Å². The van der Waals surface area contributed by atoms with E-state index in [0.29, 0.717) is 11.5 Å². The van der Waals surface area contributed by atoms with Gasteiger partial charge in [-0.15, -0.1) is 15.0 Å². The second kappa shape index (κ2) is 6.98. The van der Waals surface area contributed by atoms with Crippen LogP contribution in [0.25, 0.3) is 11.4 Å². The molecule has 2 aromatic carbocycles. The van der Waals surface area contributed by atoms with E-state index in [9.17, 15) is 4.79 Å². The van der Waals surface area contributed by atoms with Crippen LogP contribution in [0, 0.1) is 0 Å². The van der Waals surface area contributed by atoms with Crippen LogP contribution in [0.5, 0.6) is 0 Å². The number of para-hydroxylation sites is 1. The number of anilines is 1. The molecule has 2 heterocycles. The molecule has 0 saturated carbocycles. The number of carbonyl (C=O) groups excluding carboxylic acids is 1. The summed E-state index contributed by atoms with van der Waals surface area (Å²) in [5, 5.41) is 19.5. The van der Waals surface area contributed by atoms with Gasteiger partial charge in [0.2, 0.25) is 5.82 Å². The third-order valence-corrected chi connectivity index (χ3v) is 3.66. The van der Waals surface area contributed by atoms with Crippen LogP contribution < -0.4 is 5.32 Å². The van der Waals surface area contributed by atoms with Gasteiger partial charge in [0.1, 0.15) is 0 Å². The fourth-order valence-electron chi connectivity index (χ4n) is 2.41. The third-order valence-electron chi connectivity index (χ3n) is 3.66. The topological polar surface area (TPSA) is 90.5 Å². The molecule has 0 bridgehead atoms. The van der Waals surface area contributed by atoms with Gasteiger partial charge in [0.15, 0.2) is 12.4 Å². The molecule has 4 rings (SSSR count). The minimum atomic E-state index is -0.272. The number of nitrogens with one attached hydrogen (secondary N) is 1. The van der Waals surface area contributed by atoms with Gasteiger partial charge in [0.25, 0.3) is 5.91 Å². The monoisotopic (exact) mass is 345 g/mol. The Bertz CT molecular complexity index is 1010. The van der Waals surface area contributed by atoms with Crippen LogP contribution in [-0.2, 0) is 6.67 Å². The van der Waals surface area contributed by atoms with Crippen LogP contribution in [0.4, 0.5) is 5.69 Å². The van der Waals surface area contributed by atoms with Crippen molar-refractivity contribution in [3.05, 3.63) is 78.6 Å². The van der Waals surface area contributed by atoms with Crippen molar-refractivity contribution in [3.63, 3.8) is 0 Å². The largest absolute Gasteiger partial charge is 0.321 e. The molecule has 0 aliphatic heterocycles. The summed E-state index contributed by atoms with van der Waals surface area (Å²) in [7, 11) is 0. The quantitative estimate of drug-likeness (QED) is 0.599. The highest BCUT2D eigenvalue weighted by Crippen LogP contribution is 2.12. The highest BCUT2D eigenvalue weighted by atomic mass is 16.2. The van der Waals surface area contributed by atoms with E-state index in [1.54, 1.807) is 16.9 Å². The molecule has 0 aliphatic rings. The summed E-state index contributed by atoms with van der Waals surface area (Å²) in [6.07, 6.45) is 1.70. The minimum absolute atomic E-state index is 0.262. The van der Waals surface area contributed by atoms with E-state index in [0.717, 1.165) is 11.3 Å². The summed E-state index contributed by atoms with van der Waals surface area (Å²) >= 11 is 0. The Labute approximate surface area is 149 Å². The van der Waals surface area contributed by atoms with Gasteiger partial charge in [-0.2, -0.15) is 5.10 Å². The maximum atomic E-state index is 12.2. The first-order valence-electron chi connectivity index (χ1n) is 8.01. The number of nitrogens with zero attached hydrogens (tertiary/aromatic N) is 6. The van der Waals surface area contributed by atoms with Crippen molar-refractivity contribution in [1.29, 1.82) is 0 Å². The minimum Gasteiger partial charge on any atom is -0.321 e. The van der Waals surface area contributed by atoms with Crippen LogP contribution in [0.2, 0.25) is 0 Å². The first kappa shape index (κ1) is 15.7. The lowest BCUT2D eigenvalue weighted by molar-refractivity contribution is 0.102. The maximum absolute atomic E-state index is 12.2. The predicted octanol–water partition coefficient (Wildman–Crippen LogP) is 2.29. The van der Waals surface area contributed by atoms with Crippen LogP contribution in [-0.4, -0.2) is 35.9 Å². The van der Waals surface area contributed by atoms with Gasteiger partial charge >= 0.3 is 0 Å². The van der Waals surface area contributed by atoms with Crippen LogP contribution in [0.3, 0.4) is 0 Å². The molecule has 1 amide bonds. The lowest BCUT2D eigenvalue weighted by Crippen LogP contribution is -2.15. The molecule has 8 heteroatoms. The summed E-state index contributed by atoms with van der Waals surface area (Å²) in [5.74, 6) is 0.270. The maximum Gasteiger partial charge on any atom is 0.276 e. The Morgan fingerprint density at radius 3 is 2.42 bits per heavy atom. The zero-order valence-corrected chi connectivity index (χ0v) is 13.7. The highest BCUT2D eigenvalue weighted by Gasteiger charge is 2.11. The van der Waals surface area contributed by atoms with Crippen LogP contribution >= 0.6 is 0 Å². The number of carbonyl (C=O) groups is 1. The molecule has 4 aromatic rings. The lowest BCUT2D eigenvalue weighted by Gasteiger charge is -2.02. The number of amides is 1. The van der Waals surface area contributed by atoms with Crippen molar-refractivity contribution in [2.24, 2.45) is 0 Å². The number of tetrazole rings is 1. The highest BCUT2D eigenvalue weighted by molar-refractivity contribution is 6.02. The van der Waals surface area contributed by atoms with Crippen molar-refractivity contribution >= 4 is 11.6 Å². The molecular formula is C18H15N7O. The predicted molar refractivity (Wildman–Crippen MR) is 95.3 cm³/mol. The summed E-state index contributed by atoms with van der Waals surface area (Å²) in [5.41, 5.74) is 1.93. The average molecular weight is 345 g/mol. The number of benzene rings is 2. The van der Waals surface area contributed by atoms with E-state index < -0.39 is 0 Å². The van der Waals surface area contributed by atoms with Crippen molar-refractivity contribution in [2.45, 2.75) is 6.67 Å². The zero-order valence-electron chi connectivity index (χ0n) is 13.7. The van der Waals surface area contributed by atoms with Crippen molar-refractivity contribution in [1.82, 2.24) is 30.0 Å². The van der Waals surface area contributed by atoms with Crippen molar-refractivity contribution < 1.29 is 4.79 Å². The standard InChI is InChI=1S/C18H15N7O/c26-18(19-15-9-5-2-6-10-15)16-11-12-24(21-16)13-25-22-17(20-23-25)14-7-3-1-4-8-14/h1-12H,13H2,(H,19,26). The Morgan fingerprint density at radius 2 is 1.65 bits per heavy atom. The fourth-order valence-corrected chi connectivity index (χ4v) is 2.41. The fraction of sp³-hybridized carbons (Fsp3) is 0.0556. The molecule has 0 aliphatic carbocycles. The van der Waals surface area contributed by atoms with Crippen molar-refractivity contribution in [2.75, 3.05) is 5.32 Å². The first-order chi connectivity index (χ1) is 12.8. The van der Waals surface area contributed by atoms with Gasteiger partial charge in [0, 0.05) is 17.4 Å². The second-order valence-electron chi connectivity index (χ2n) is 5.55. The normalized spacial score (nSPS) is 10.6. The Kier molecular flexibility index (Phi) is 4.21. The molecular weight excluding hydrogens is 330 g/mol. The van der Waals surface area contributed by atoms with Gasteiger partial charge in [-0.05, 0) is 23.4 Å². The van der Waals surface area contributed by atoms with Gasteiger partial charge in [-0.25, -0.2) is 4.68 Å². The SMILES string of the molecule is O=C(Nc1ccccc1)c1ccn(Cn2nnc(-c3ccccc3)n2)n1. The molecule has 0 unspecified atom stereocenters. The molecule has 26 heavy (non-hydrogen) atoms. The third kappa shape index (κ3) is 3.48. The molecule has 0 atom stereocenters. The van der Waals surface area contributed by atoms with E-state index in [1.807, 2.05) is 60.7 Å². The molecule has 2 aromatic heterocycles. The van der Waals surface area contributed by atoms with Gasteiger partial charge in [0.05, 0.1) is 0 Å². The number of hydrogen-bond acceptors (Lipinski definition) is 5. The van der Waals surface area contributed by atoms with E-state index in [4.69, 9.17) is 0 Å². The zero-order chi connectivity index (χ0) is 17.8. The van der Waals surface area contributed by atoms with Crippen LogP contribution in [0.1, 0.15) is 10.5 Å². The molecule has 0 spiro atoms. The smallest absolute Gasteiger partial charge is 0.276 e. The summed E-state index contributed by atoms with van der Waals surface area (Å²) < 4.78 is 1.58. The van der Waals surface area contributed by atoms with E-state index >= 15 is 0 Å². The van der Waals surface area contributed by atoms with Gasteiger partial charge in [-0.1, -0.05) is 48.5 Å². The van der Waals surface area contributed by atoms with Crippen LogP contribution in [0.15, 0.2) is 72.9 Å². The summed E-state index contributed by atoms with van der Waals surface area (Å²) in [6.45, 7) is 0.262. The Hall–Kier alpha value is -3.81. The molecule has 0 fully saturated rings. The van der Waals surface area contributed by atoms with Crippen molar-refractivity contribution in [3.8, 4) is 11.4 Å². The number of aromatic nitrogens is 6. The molecule has 0 radical (unpaired) electrons. The summed E-state index contributed by atoms with van der Waals surface area (Å²) in [6, 6.07) is 20.5. The number of rotatable bonds is 5. The molecule has 8 nitrogen and oxygen atoms in total. The lowest BCUT2D eigenvalue weighted by atomic mass is 10.2. The average Bonchev–Trinajstić information content (AvgIpc) is 3.33. The first-order valence-corrected chi connectivity index (χ1v) is 8.01. The van der Waals surface area contributed by atoms with Gasteiger partial charge < -0.3 is 5.32 Å². The number of hydrogen-bond donors (Lipinski definition) is 1. The van der Waals surface area contributed by atoms with Gasteiger partial charge in [-0.3, -0.25) is 4.79 Å². The Morgan fingerprint density at radius 1 is 0.923 bits per heavy atom. The molecule has 0 saturated heterocycles. The second-order valence-corrected chi connectivity index (χ2v) is 5.55. The Balaban J connectivity index is 1.44. The molecule has 1 N–H and O–H groups in total. The molecule has 128 valence electrons. The van der Waals surface area contributed by atoms with E-state index in [2.05, 4.69) is 25.8 Å². The summed E-state index contributed by atoms with van der Waals surface area (Å²) in [4.78, 5) is 13.7.